The average molecular weight is 382 g/mol. The van der Waals surface area contributed by atoms with Gasteiger partial charge in [-0.1, -0.05) is 24.6 Å². The van der Waals surface area contributed by atoms with Crippen molar-refractivity contribution in [3.63, 3.8) is 0 Å². The van der Waals surface area contributed by atoms with Crippen molar-refractivity contribution in [3.8, 4) is 11.5 Å². The maximum Gasteiger partial charge on any atom is 0.267 e. The monoisotopic (exact) mass is 382 g/mol. The first-order valence-corrected chi connectivity index (χ1v) is 9.59. The quantitative estimate of drug-likeness (QED) is 0.788. The minimum Gasteiger partial charge on any atom is -0.492 e. The second-order valence-corrected chi connectivity index (χ2v) is 6.89. The van der Waals surface area contributed by atoms with Crippen LogP contribution in [0.15, 0.2) is 42.5 Å². The molecule has 0 spiro atoms. The van der Waals surface area contributed by atoms with Gasteiger partial charge in [0.2, 0.25) is 5.91 Å². The van der Waals surface area contributed by atoms with Gasteiger partial charge >= 0.3 is 0 Å². The van der Waals surface area contributed by atoms with Gasteiger partial charge in [0.05, 0.1) is 12.2 Å². The molecule has 0 radical (unpaired) electrons. The van der Waals surface area contributed by atoms with Gasteiger partial charge in [0, 0.05) is 18.2 Å². The maximum absolute atomic E-state index is 12.6. The normalized spacial score (nSPS) is 15.6. The molecule has 2 aromatic carbocycles. The van der Waals surface area contributed by atoms with Gasteiger partial charge in [-0.2, -0.15) is 0 Å². The zero-order chi connectivity index (χ0) is 20.1. The Morgan fingerprint density at radius 2 is 1.96 bits per heavy atom. The second-order valence-electron chi connectivity index (χ2n) is 6.89. The number of nitrogens with one attached hydrogen (secondary N) is 1. The van der Waals surface area contributed by atoms with Crippen molar-refractivity contribution in [2.24, 2.45) is 0 Å². The summed E-state index contributed by atoms with van der Waals surface area (Å²) in [7, 11) is 0. The summed E-state index contributed by atoms with van der Waals surface area (Å²) in [6, 6.07) is 13.2. The number of nitrogens with zero attached hydrogens (tertiary/aromatic N) is 1. The van der Waals surface area contributed by atoms with E-state index in [4.69, 9.17) is 9.47 Å². The highest BCUT2D eigenvalue weighted by atomic mass is 16.5. The van der Waals surface area contributed by atoms with Crippen LogP contribution in [0.2, 0.25) is 0 Å². The molecule has 0 fully saturated rings. The number of carbonyl (C=O) groups is 2. The third-order valence-electron chi connectivity index (χ3n) is 4.53. The van der Waals surface area contributed by atoms with Gasteiger partial charge in [0.25, 0.3) is 5.91 Å². The predicted molar refractivity (Wildman–Crippen MR) is 109 cm³/mol. The predicted octanol–water partition coefficient (Wildman–Crippen LogP) is 3.93. The molecule has 28 heavy (non-hydrogen) atoms. The molecule has 3 rings (SSSR count). The molecule has 6 nitrogen and oxygen atoms in total. The Balaban J connectivity index is 1.70. The molecule has 0 aromatic heterocycles. The van der Waals surface area contributed by atoms with Crippen LogP contribution >= 0.6 is 0 Å². The lowest BCUT2D eigenvalue weighted by Gasteiger charge is -2.33. The summed E-state index contributed by atoms with van der Waals surface area (Å²) in [6.07, 6.45) is 0.663. The third kappa shape index (κ3) is 4.63. The number of rotatable bonds is 7. The number of amides is 2. The highest BCUT2D eigenvalue weighted by Gasteiger charge is 2.31. The first kappa shape index (κ1) is 19.7. The molecule has 1 aliphatic rings. The van der Waals surface area contributed by atoms with Crippen LogP contribution < -0.4 is 19.7 Å². The molecule has 2 aromatic rings. The number of aryl methyl sites for hydroxylation is 1. The smallest absolute Gasteiger partial charge is 0.267 e. The van der Waals surface area contributed by atoms with Gasteiger partial charge in [-0.15, -0.1) is 0 Å². The maximum atomic E-state index is 12.6. The van der Waals surface area contributed by atoms with Gasteiger partial charge in [-0.05, 0) is 44.5 Å². The largest absolute Gasteiger partial charge is 0.492 e. The van der Waals surface area contributed by atoms with E-state index in [2.05, 4.69) is 5.32 Å². The van der Waals surface area contributed by atoms with Gasteiger partial charge in [0.1, 0.15) is 18.1 Å². The van der Waals surface area contributed by atoms with Crippen molar-refractivity contribution in [3.05, 3.63) is 48.0 Å². The van der Waals surface area contributed by atoms with Crippen molar-refractivity contribution >= 4 is 23.2 Å². The van der Waals surface area contributed by atoms with Crippen LogP contribution in [0.5, 0.6) is 11.5 Å². The summed E-state index contributed by atoms with van der Waals surface area (Å²) in [5, 5.41) is 2.86. The van der Waals surface area contributed by atoms with Gasteiger partial charge < -0.3 is 19.7 Å². The Bertz CT molecular complexity index is 848. The van der Waals surface area contributed by atoms with E-state index in [0.29, 0.717) is 36.7 Å². The first-order chi connectivity index (χ1) is 13.5. The average Bonchev–Trinajstić information content (AvgIpc) is 2.66. The number of fused-ring (bicyclic) bond motifs is 1. The van der Waals surface area contributed by atoms with Crippen LogP contribution in [0, 0.1) is 6.92 Å². The fraction of sp³-hybridized carbons (Fsp3) is 0.364. The molecule has 1 aliphatic heterocycles. The number of hydrogen-bond donors (Lipinski definition) is 1. The lowest BCUT2D eigenvalue weighted by atomic mass is 10.1. The minimum absolute atomic E-state index is 0.0364. The van der Waals surface area contributed by atoms with Crippen molar-refractivity contribution in [2.45, 2.75) is 39.7 Å². The van der Waals surface area contributed by atoms with Crippen LogP contribution in [-0.2, 0) is 9.59 Å². The van der Waals surface area contributed by atoms with E-state index >= 15 is 0 Å². The highest BCUT2D eigenvalue weighted by Crippen LogP contribution is 2.36. The Labute approximate surface area is 165 Å². The molecular formula is C22H26N2O4. The summed E-state index contributed by atoms with van der Waals surface area (Å²) in [4.78, 5) is 26.1. The van der Waals surface area contributed by atoms with E-state index in [0.717, 1.165) is 12.2 Å². The topological polar surface area (TPSA) is 67.9 Å². The zero-order valence-electron chi connectivity index (χ0n) is 16.5. The standard InChI is InChI=1S/C22H26N2O4/c1-4-5-21(25)23-17-8-11-19-20(14-17)28-16(3)22(26)24(19)12-13-27-18-9-6-15(2)7-10-18/h6-11,14,16H,4-5,12-13H2,1-3H3,(H,23,25). The molecule has 0 saturated heterocycles. The lowest BCUT2D eigenvalue weighted by molar-refractivity contribution is -0.125. The van der Waals surface area contributed by atoms with E-state index in [1.54, 1.807) is 30.0 Å². The third-order valence-corrected chi connectivity index (χ3v) is 4.53. The van der Waals surface area contributed by atoms with Crippen molar-refractivity contribution in [2.75, 3.05) is 23.4 Å². The van der Waals surface area contributed by atoms with Crippen LogP contribution in [0.25, 0.3) is 0 Å². The molecule has 2 amide bonds. The molecule has 1 unspecified atom stereocenters. The Kier molecular flexibility index (Phi) is 6.19. The fourth-order valence-electron chi connectivity index (χ4n) is 3.06. The first-order valence-electron chi connectivity index (χ1n) is 9.59. The van der Waals surface area contributed by atoms with Crippen LogP contribution in [0.4, 0.5) is 11.4 Å². The summed E-state index contributed by atoms with van der Waals surface area (Å²) in [6.45, 7) is 6.49. The summed E-state index contributed by atoms with van der Waals surface area (Å²) in [5.41, 5.74) is 2.51. The summed E-state index contributed by atoms with van der Waals surface area (Å²) in [5.74, 6) is 1.21. The number of ether oxygens (including phenoxy) is 2. The molecule has 1 N–H and O–H groups in total. The van der Waals surface area contributed by atoms with E-state index in [1.807, 2.05) is 38.1 Å². The van der Waals surface area contributed by atoms with Crippen molar-refractivity contribution in [1.82, 2.24) is 0 Å². The van der Waals surface area contributed by atoms with Crippen LogP contribution in [0.3, 0.4) is 0 Å². The van der Waals surface area contributed by atoms with Crippen molar-refractivity contribution in [1.29, 1.82) is 0 Å². The second kappa shape index (κ2) is 8.78. The van der Waals surface area contributed by atoms with Gasteiger partial charge in [-0.25, -0.2) is 0 Å². The van der Waals surface area contributed by atoms with Gasteiger partial charge in [0.15, 0.2) is 6.10 Å². The molecule has 6 heteroatoms. The highest BCUT2D eigenvalue weighted by molar-refractivity contribution is 6.00. The number of anilines is 2. The molecule has 1 heterocycles. The lowest BCUT2D eigenvalue weighted by Crippen LogP contribution is -2.46. The van der Waals surface area contributed by atoms with E-state index in [-0.39, 0.29) is 11.8 Å². The van der Waals surface area contributed by atoms with Crippen LogP contribution in [0.1, 0.15) is 32.3 Å². The molecule has 0 aliphatic carbocycles. The Morgan fingerprint density at radius 1 is 1.21 bits per heavy atom. The summed E-state index contributed by atoms with van der Waals surface area (Å²) >= 11 is 0. The van der Waals surface area contributed by atoms with Crippen LogP contribution in [-0.4, -0.2) is 31.1 Å². The molecule has 1 atom stereocenters. The Morgan fingerprint density at radius 3 is 2.68 bits per heavy atom. The molecule has 148 valence electrons. The molecule has 0 saturated carbocycles. The number of hydrogen-bond acceptors (Lipinski definition) is 4. The van der Waals surface area contributed by atoms with E-state index in [1.165, 1.54) is 5.56 Å². The van der Waals surface area contributed by atoms with Gasteiger partial charge in [-0.3, -0.25) is 9.59 Å². The number of benzene rings is 2. The van der Waals surface area contributed by atoms with E-state index < -0.39 is 6.10 Å². The minimum atomic E-state index is -0.589. The van der Waals surface area contributed by atoms with E-state index in [9.17, 15) is 9.59 Å². The fourth-order valence-corrected chi connectivity index (χ4v) is 3.06. The Hall–Kier alpha value is -3.02. The zero-order valence-corrected chi connectivity index (χ0v) is 16.5. The van der Waals surface area contributed by atoms with Crippen molar-refractivity contribution < 1.29 is 19.1 Å². The number of carbonyl (C=O) groups excluding carboxylic acids is 2. The molecule has 0 bridgehead atoms. The molecular weight excluding hydrogens is 356 g/mol. The SMILES string of the molecule is CCCC(=O)Nc1ccc2c(c1)OC(C)C(=O)N2CCOc1ccc(C)cc1. The summed E-state index contributed by atoms with van der Waals surface area (Å²) < 4.78 is 11.5.